The molecule has 0 spiro atoms. The Kier molecular flexibility index (Phi) is 5.76. The van der Waals surface area contributed by atoms with Crippen molar-refractivity contribution in [2.24, 2.45) is 11.8 Å². The first-order valence-electron chi connectivity index (χ1n) is 9.04. The Labute approximate surface area is 136 Å². The molecule has 3 unspecified atom stereocenters. The summed E-state index contributed by atoms with van der Waals surface area (Å²) < 4.78 is 5.52. The highest BCUT2D eigenvalue weighted by atomic mass is 16.6. The molecule has 0 bridgehead atoms. The Balaban J connectivity index is 1.85. The maximum absolute atomic E-state index is 12.3. The Morgan fingerprint density at radius 2 is 1.95 bits per heavy atom. The minimum Gasteiger partial charge on any atom is -0.444 e. The van der Waals surface area contributed by atoms with Gasteiger partial charge in [0, 0.05) is 25.2 Å². The van der Waals surface area contributed by atoms with Crippen LogP contribution in [0.4, 0.5) is 4.79 Å². The van der Waals surface area contributed by atoms with E-state index in [0.29, 0.717) is 18.0 Å². The largest absolute Gasteiger partial charge is 0.444 e. The van der Waals surface area contributed by atoms with Crippen molar-refractivity contribution in [3.8, 4) is 0 Å². The predicted molar refractivity (Wildman–Crippen MR) is 89.9 cm³/mol. The molecule has 1 aliphatic carbocycles. The van der Waals surface area contributed by atoms with E-state index in [9.17, 15) is 4.79 Å². The van der Waals surface area contributed by atoms with Crippen LogP contribution in [0.25, 0.3) is 0 Å². The SMILES string of the molecule is CCC(NC(C)C1CCCN(C(=O)OC(C)(C)C)C1)C1CC1. The first-order valence-corrected chi connectivity index (χ1v) is 9.04. The normalized spacial score (nSPS) is 25.7. The molecule has 1 amide bonds. The van der Waals surface area contributed by atoms with Crippen molar-refractivity contribution in [1.29, 1.82) is 0 Å². The summed E-state index contributed by atoms with van der Waals surface area (Å²) in [5, 5.41) is 3.83. The molecular formula is C18H34N2O2. The number of nitrogens with zero attached hydrogens (tertiary/aromatic N) is 1. The summed E-state index contributed by atoms with van der Waals surface area (Å²) in [5.74, 6) is 1.42. The van der Waals surface area contributed by atoms with Gasteiger partial charge in [-0.15, -0.1) is 0 Å². The number of hydrogen-bond donors (Lipinski definition) is 1. The van der Waals surface area contributed by atoms with Crippen LogP contribution in [0.3, 0.4) is 0 Å². The van der Waals surface area contributed by atoms with Crippen LogP contribution >= 0.6 is 0 Å². The number of amides is 1. The number of hydrogen-bond acceptors (Lipinski definition) is 3. The van der Waals surface area contributed by atoms with Crippen molar-refractivity contribution in [3.63, 3.8) is 0 Å². The van der Waals surface area contributed by atoms with Gasteiger partial charge >= 0.3 is 6.09 Å². The Hall–Kier alpha value is -0.770. The number of carbonyl (C=O) groups is 1. The smallest absolute Gasteiger partial charge is 0.410 e. The molecule has 3 atom stereocenters. The Morgan fingerprint density at radius 3 is 2.50 bits per heavy atom. The van der Waals surface area contributed by atoms with Gasteiger partial charge in [-0.25, -0.2) is 4.79 Å². The molecule has 1 N–H and O–H groups in total. The number of piperidine rings is 1. The molecule has 1 saturated carbocycles. The zero-order chi connectivity index (χ0) is 16.3. The molecule has 1 heterocycles. The second-order valence-electron chi connectivity index (χ2n) is 8.14. The minimum atomic E-state index is -0.410. The lowest BCUT2D eigenvalue weighted by Crippen LogP contribution is -2.50. The summed E-state index contributed by atoms with van der Waals surface area (Å²) >= 11 is 0. The first-order chi connectivity index (χ1) is 10.3. The minimum absolute atomic E-state index is 0.154. The maximum Gasteiger partial charge on any atom is 0.410 e. The van der Waals surface area contributed by atoms with Gasteiger partial charge in [0.2, 0.25) is 0 Å². The van der Waals surface area contributed by atoms with Gasteiger partial charge in [0.25, 0.3) is 0 Å². The number of carbonyl (C=O) groups excluding carboxylic acids is 1. The lowest BCUT2D eigenvalue weighted by molar-refractivity contribution is 0.0145. The third-order valence-corrected chi connectivity index (χ3v) is 4.92. The van der Waals surface area contributed by atoms with E-state index in [4.69, 9.17) is 4.74 Å². The van der Waals surface area contributed by atoms with Crippen LogP contribution in [-0.2, 0) is 4.74 Å². The van der Waals surface area contributed by atoms with E-state index >= 15 is 0 Å². The zero-order valence-electron chi connectivity index (χ0n) is 15.0. The standard InChI is InChI=1S/C18H34N2O2/c1-6-16(14-9-10-14)19-13(2)15-8-7-11-20(12-15)17(21)22-18(3,4)5/h13-16,19H,6-12H2,1-5H3. The summed E-state index contributed by atoms with van der Waals surface area (Å²) in [6.07, 6.45) is 6.10. The molecular weight excluding hydrogens is 276 g/mol. The van der Waals surface area contributed by atoms with Crippen LogP contribution in [-0.4, -0.2) is 41.8 Å². The molecule has 4 heteroatoms. The van der Waals surface area contributed by atoms with Gasteiger partial charge < -0.3 is 15.0 Å². The zero-order valence-corrected chi connectivity index (χ0v) is 15.0. The van der Waals surface area contributed by atoms with Gasteiger partial charge in [-0.1, -0.05) is 6.92 Å². The second kappa shape index (κ2) is 7.20. The van der Waals surface area contributed by atoms with E-state index in [1.54, 1.807) is 0 Å². The van der Waals surface area contributed by atoms with Crippen molar-refractivity contribution in [2.75, 3.05) is 13.1 Å². The van der Waals surface area contributed by atoms with Crippen molar-refractivity contribution in [3.05, 3.63) is 0 Å². The van der Waals surface area contributed by atoms with Crippen molar-refractivity contribution in [2.45, 2.75) is 84.4 Å². The number of rotatable bonds is 5. The van der Waals surface area contributed by atoms with E-state index in [0.717, 1.165) is 25.4 Å². The van der Waals surface area contributed by atoms with Gasteiger partial charge in [0.05, 0.1) is 0 Å². The molecule has 0 aromatic heterocycles. The first kappa shape index (κ1) is 17.6. The topological polar surface area (TPSA) is 41.6 Å². The monoisotopic (exact) mass is 310 g/mol. The molecule has 2 fully saturated rings. The lowest BCUT2D eigenvalue weighted by Gasteiger charge is -2.38. The highest BCUT2D eigenvalue weighted by Gasteiger charge is 2.34. The van der Waals surface area contributed by atoms with E-state index in [1.165, 1.54) is 25.7 Å². The molecule has 0 aromatic carbocycles. The van der Waals surface area contributed by atoms with Gasteiger partial charge in [-0.3, -0.25) is 0 Å². The number of nitrogens with one attached hydrogen (secondary N) is 1. The molecule has 2 rings (SSSR count). The van der Waals surface area contributed by atoms with Gasteiger partial charge in [0.1, 0.15) is 5.60 Å². The van der Waals surface area contributed by atoms with E-state index in [2.05, 4.69) is 19.2 Å². The van der Waals surface area contributed by atoms with Gasteiger partial charge in [-0.2, -0.15) is 0 Å². The third-order valence-electron chi connectivity index (χ3n) is 4.92. The second-order valence-corrected chi connectivity index (χ2v) is 8.14. The predicted octanol–water partition coefficient (Wildman–Crippen LogP) is 3.80. The van der Waals surface area contributed by atoms with E-state index in [-0.39, 0.29) is 6.09 Å². The van der Waals surface area contributed by atoms with Crippen molar-refractivity contribution in [1.82, 2.24) is 10.2 Å². The summed E-state index contributed by atoms with van der Waals surface area (Å²) in [6.45, 7) is 12.0. The molecule has 1 saturated heterocycles. The summed E-state index contributed by atoms with van der Waals surface area (Å²) in [6, 6.07) is 1.13. The van der Waals surface area contributed by atoms with Crippen LogP contribution in [0.15, 0.2) is 0 Å². The quantitative estimate of drug-likeness (QED) is 0.840. The van der Waals surface area contributed by atoms with Crippen LogP contribution in [0.2, 0.25) is 0 Å². The number of ether oxygens (including phenoxy) is 1. The van der Waals surface area contributed by atoms with Crippen LogP contribution < -0.4 is 5.32 Å². The highest BCUT2D eigenvalue weighted by molar-refractivity contribution is 5.68. The average molecular weight is 310 g/mol. The fourth-order valence-electron chi connectivity index (χ4n) is 3.47. The van der Waals surface area contributed by atoms with Crippen LogP contribution in [0.1, 0.15) is 66.7 Å². The van der Waals surface area contributed by atoms with E-state index in [1.807, 2.05) is 25.7 Å². The lowest BCUT2D eigenvalue weighted by atomic mass is 9.90. The van der Waals surface area contributed by atoms with E-state index < -0.39 is 5.60 Å². The molecule has 0 radical (unpaired) electrons. The third kappa shape index (κ3) is 5.15. The average Bonchev–Trinajstić information content (AvgIpc) is 3.27. The van der Waals surface area contributed by atoms with Crippen LogP contribution in [0, 0.1) is 11.8 Å². The van der Waals surface area contributed by atoms with Gasteiger partial charge in [-0.05, 0) is 71.6 Å². The fourth-order valence-corrected chi connectivity index (χ4v) is 3.47. The molecule has 0 aromatic rings. The molecule has 22 heavy (non-hydrogen) atoms. The van der Waals surface area contributed by atoms with Gasteiger partial charge in [0.15, 0.2) is 0 Å². The summed E-state index contributed by atoms with van der Waals surface area (Å²) in [4.78, 5) is 14.2. The Bertz CT molecular complexity index is 374. The molecule has 128 valence electrons. The number of likely N-dealkylation sites (tertiary alicyclic amines) is 1. The van der Waals surface area contributed by atoms with Crippen molar-refractivity contribution < 1.29 is 9.53 Å². The molecule has 4 nitrogen and oxygen atoms in total. The summed E-state index contributed by atoms with van der Waals surface area (Å²) in [7, 11) is 0. The fraction of sp³-hybridized carbons (Fsp3) is 0.944. The van der Waals surface area contributed by atoms with Crippen molar-refractivity contribution >= 4 is 6.09 Å². The Morgan fingerprint density at radius 1 is 1.27 bits per heavy atom. The highest BCUT2D eigenvalue weighted by Crippen LogP contribution is 2.34. The summed E-state index contributed by atoms with van der Waals surface area (Å²) in [5.41, 5.74) is -0.410. The maximum atomic E-state index is 12.3. The molecule has 1 aliphatic heterocycles. The molecule has 2 aliphatic rings. The van der Waals surface area contributed by atoms with Crippen LogP contribution in [0.5, 0.6) is 0 Å².